The van der Waals surface area contributed by atoms with Crippen LogP contribution in [0.2, 0.25) is 5.02 Å². The van der Waals surface area contributed by atoms with Crippen LogP contribution in [0.4, 0.5) is 5.82 Å². The molecule has 0 saturated heterocycles. The molecule has 1 aromatic rings. The molecule has 0 aromatic carbocycles. The SMILES string of the molecule is CN(c1ncc(Br)cc1Cl)C1CCCC1CN. The lowest BCUT2D eigenvalue weighted by Gasteiger charge is -2.30. The van der Waals surface area contributed by atoms with Crippen molar-refractivity contribution in [1.29, 1.82) is 0 Å². The van der Waals surface area contributed by atoms with Crippen LogP contribution >= 0.6 is 27.5 Å². The summed E-state index contributed by atoms with van der Waals surface area (Å²) in [6.07, 6.45) is 5.40. The molecule has 94 valence electrons. The maximum atomic E-state index is 6.23. The van der Waals surface area contributed by atoms with Gasteiger partial charge in [-0.25, -0.2) is 4.98 Å². The van der Waals surface area contributed by atoms with Crippen LogP contribution in [-0.2, 0) is 0 Å². The fourth-order valence-corrected chi connectivity index (χ4v) is 3.39. The highest BCUT2D eigenvalue weighted by molar-refractivity contribution is 9.10. The number of nitrogens with two attached hydrogens (primary N) is 1. The second-order valence-electron chi connectivity index (χ2n) is 4.56. The molecule has 2 atom stereocenters. The molecule has 0 radical (unpaired) electrons. The molecule has 5 heteroatoms. The number of pyridine rings is 1. The van der Waals surface area contributed by atoms with Gasteiger partial charge in [0.2, 0.25) is 0 Å². The largest absolute Gasteiger partial charge is 0.355 e. The van der Waals surface area contributed by atoms with E-state index < -0.39 is 0 Å². The van der Waals surface area contributed by atoms with Crippen molar-refractivity contribution in [2.75, 3.05) is 18.5 Å². The van der Waals surface area contributed by atoms with Gasteiger partial charge in [-0.05, 0) is 47.3 Å². The average Bonchev–Trinajstić information content (AvgIpc) is 2.76. The lowest BCUT2D eigenvalue weighted by Crippen LogP contribution is -2.38. The van der Waals surface area contributed by atoms with Gasteiger partial charge in [0.05, 0.1) is 5.02 Å². The third-order valence-corrected chi connectivity index (χ3v) is 4.25. The normalized spacial score (nSPS) is 24.0. The maximum Gasteiger partial charge on any atom is 0.147 e. The molecular weight excluding hydrogens is 302 g/mol. The molecule has 1 saturated carbocycles. The van der Waals surface area contributed by atoms with Gasteiger partial charge in [0.25, 0.3) is 0 Å². The van der Waals surface area contributed by atoms with Gasteiger partial charge < -0.3 is 10.6 Å². The Morgan fingerprint density at radius 1 is 1.59 bits per heavy atom. The Bertz CT molecular complexity index is 399. The van der Waals surface area contributed by atoms with Crippen molar-refractivity contribution in [2.24, 2.45) is 11.7 Å². The summed E-state index contributed by atoms with van der Waals surface area (Å²) in [6.45, 7) is 0.739. The second kappa shape index (κ2) is 5.55. The van der Waals surface area contributed by atoms with E-state index in [0.29, 0.717) is 17.0 Å². The monoisotopic (exact) mass is 317 g/mol. The van der Waals surface area contributed by atoms with E-state index in [1.165, 1.54) is 19.3 Å². The van der Waals surface area contributed by atoms with E-state index in [9.17, 15) is 0 Å². The summed E-state index contributed by atoms with van der Waals surface area (Å²) in [5.74, 6) is 1.40. The van der Waals surface area contributed by atoms with Crippen LogP contribution in [0, 0.1) is 5.92 Å². The number of hydrogen-bond acceptors (Lipinski definition) is 3. The fourth-order valence-electron chi connectivity index (χ4n) is 2.63. The molecule has 3 nitrogen and oxygen atoms in total. The molecule has 2 unspecified atom stereocenters. The summed E-state index contributed by atoms with van der Waals surface area (Å²) in [6, 6.07) is 2.35. The van der Waals surface area contributed by atoms with E-state index in [4.69, 9.17) is 17.3 Å². The van der Waals surface area contributed by atoms with E-state index in [0.717, 1.165) is 16.8 Å². The molecule has 1 heterocycles. The van der Waals surface area contributed by atoms with Crippen LogP contribution in [0.3, 0.4) is 0 Å². The van der Waals surface area contributed by atoms with Crippen molar-refractivity contribution >= 4 is 33.3 Å². The van der Waals surface area contributed by atoms with E-state index in [2.05, 4.69) is 32.9 Å². The quantitative estimate of drug-likeness (QED) is 0.931. The summed E-state index contributed by atoms with van der Waals surface area (Å²) in [7, 11) is 2.06. The Hall–Kier alpha value is -0.320. The summed E-state index contributed by atoms with van der Waals surface area (Å²) in [4.78, 5) is 6.58. The molecule has 0 spiro atoms. The van der Waals surface area contributed by atoms with Gasteiger partial charge in [-0.15, -0.1) is 0 Å². The maximum absolute atomic E-state index is 6.23. The molecule has 2 N–H and O–H groups in total. The van der Waals surface area contributed by atoms with E-state index in [1.54, 1.807) is 6.20 Å². The first kappa shape index (κ1) is 13.1. The summed E-state index contributed by atoms with van der Waals surface area (Å²) in [5, 5.41) is 0.685. The number of hydrogen-bond donors (Lipinski definition) is 1. The zero-order valence-corrected chi connectivity index (χ0v) is 12.2. The minimum Gasteiger partial charge on any atom is -0.355 e. The van der Waals surface area contributed by atoms with E-state index in [1.807, 2.05) is 6.07 Å². The number of nitrogens with zero attached hydrogens (tertiary/aromatic N) is 2. The van der Waals surface area contributed by atoms with Crippen molar-refractivity contribution in [1.82, 2.24) is 4.98 Å². The molecule has 1 aliphatic carbocycles. The lowest BCUT2D eigenvalue weighted by atomic mass is 10.0. The molecule has 0 bridgehead atoms. The minimum atomic E-state index is 0.464. The van der Waals surface area contributed by atoms with Crippen LogP contribution in [0.1, 0.15) is 19.3 Å². The topological polar surface area (TPSA) is 42.2 Å². The standard InChI is InChI=1S/C12H17BrClN3/c1-17(11-4-2-3-8(11)6-15)12-10(14)5-9(13)7-16-12/h5,7-8,11H,2-4,6,15H2,1H3. The molecule has 1 aliphatic rings. The Labute approximate surface area is 115 Å². The molecule has 2 rings (SSSR count). The molecular formula is C12H17BrClN3. The molecule has 1 fully saturated rings. The third kappa shape index (κ3) is 2.75. The van der Waals surface area contributed by atoms with Crippen molar-refractivity contribution in [3.63, 3.8) is 0 Å². The van der Waals surface area contributed by atoms with Gasteiger partial charge in [0.1, 0.15) is 5.82 Å². The van der Waals surface area contributed by atoms with Crippen LogP contribution in [-0.4, -0.2) is 24.6 Å². The van der Waals surface area contributed by atoms with Crippen molar-refractivity contribution < 1.29 is 0 Å². The predicted molar refractivity (Wildman–Crippen MR) is 75.5 cm³/mol. The first-order valence-electron chi connectivity index (χ1n) is 5.87. The van der Waals surface area contributed by atoms with Gasteiger partial charge in [-0.3, -0.25) is 0 Å². The molecule has 17 heavy (non-hydrogen) atoms. The van der Waals surface area contributed by atoms with E-state index in [-0.39, 0.29) is 0 Å². The van der Waals surface area contributed by atoms with Gasteiger partial charge in [0, 0.05) is 23.8 Å². The Balaban J connectivity index is 2.21. The Morgan fingerprint density at radius 2 is 2.35 bits per heavy atom. The van der Waals surface area contributed by atoms with Crippen molar-refractivity contribution in [3.8, 4) is 0 Å². The van der Waals surface area contributed by atoms with Crippen LogP contribution < -0.4 is 10.6 Å². The van der Waals surface area contributed by atoms with Crippen molar-refractivity contribution in [3.05, 3.63) is 21.8 Å². The van der Waals surface area contributed by atoms with Gasteiger partial charge in [-0.1, -0.05) is 18.0 Å². The molecule has 0 amide bonds. The van der Waals surface area contributed by atoms with Crippen LogP contribution in [0.15, 0.2) is 16.7 Å². The highest BCUT2D eigenvalue weighted by Gasteiger charge is 2.30. The first-order valence-corrected chi connectivity index (χ1v) is 7.04. The highest BCUT2D eigenvalue weighted by Crippen LogP contribution is 2.34. The van der Waals surface area contributed by atoms with Gasteiger partial charge >= 0.3 is 0 Å². The molecule has 1 aromatic heterocycles. The number of aromatic nitrogens is 1. The summed E-state index contributed by atoms with van der Waals surface area (Å²) < 4.78 is 0.904. The highest BCUT2D eigenvalue weighted by atomic mass is 79.9. The zero-order valence-electron chi connectivity index (χ0n) is 9.87. The average molecular weight is 319 g/mol. The number of anilines is 1. The minimum absolute atomic E-state index is 0.464. The number of halogens is 2. The third-order valence-electron chi connectivity index (χ3n) is 3.54. The number of rotatable bonds is 3. The van der Waals surface area contributed by atoms with Crippen LogP contribution in [0.5, 0.6) is 0 Å². The molecule has 0 aliphatic heterocycles. The van der Waals surface area contributed by atoms with Gasteiger partial charge in [-0.2, -0.15) is 0 Å². The first-order chi connectivity index (χ1) is 8.13. The Morgan fingerprint density at radius 3 is 3.00 bits per heavy atom. The second-order valence-corrected chi connectivity index (χ2v) is 5.89. The Kier molecular flexibility index (Phi) is 4.28. The summed E-state index contributed by atoms with van der Waals surface area (Å²) in [5.41, 5.74) is 5.81. The zero-order chi connectivity index (χ0) is 12.4. The smallest absolute Gasteiger partial charge is 0.147 e. The van der Waals surface area contributed by atoms with E-state index >= 15 is 0 Å². The van der Waals surface area contributed by atoms with Gasteiger partial charge in [0.15, 0.2) is 0 Å². The fraction of sp³-hybridized carbons (Fsp3) is 0.583. The van der Waals surface area contributed by atoms with Crippen LogP contribution in [0.25, 0.3) is 0 Å². The lowest BCUT2D eigenvalue weighted by molar-refractivity contribution is 0.472. The predicted octanol–water partition coefficient (Wildman–Crippen LogP) is 3.06. The summed E-state index contributed by atoms with van der Waals surface area (Å²) >= 11 is 9.60. The van der Waals surface area contributed by atoms with Crippen molar-refractivity contribution in [2.45, 2.75) is 25.3 Å².